The highest BCUT2D eigenvalue weighted by atomic mass is 35.5. The van der Waals surface area contributed by atoms with Crippen LogP contribution < -0.4 is 5.32 Å². The van der Waals surface area contributed by atoms with Crippen molar-refractivity contribution in [1.29, 1.82) is 0 Å². The first kappa shape index (κ1) is 13.1. The van der Waals surface area contributed by atoms with E-state index in [1.807, 2.05) is 0 Å². The van der Waals surface area contributed by atoms with Crippen LogP contribution in [0.2, 0.25) is 5.02 Å². The minimum absolute atomic E-state index is 0.304. The summed E-state index contributed by atoms with van der Waals surface area (Å²) in [5, 5.41) is 5.36. The monoisotopic (exact) mass is 308 g/mol. The number of thiazole rings is 1. The van der Waals surface area contributed by atoms with Gasteiger partial charge in [-0.3, -0.25) is 10.1 Å². The quantitative estimate of drug-likeness (QED) is 0.866. The molecule has 3 rings (SSSR count). The van der Waals surface area contributed by atoms with Crippen molar-refractivity contribution in [2.75, 3.05) is 5.32 Å². The highest BCUT2D eigenvalue weighted by molar-refractivity contribution is 7.13. The van der Waals surface area contributed by atoms with E-state index in [4.69, 9.17) is 16.3 Å². The molecule has 0 saturated carbocycles. The Bertz CT molecular complexity index is 672. The number of amides is 1. The number of esters is 1. The molecule has 1 aromatic heterocycles. The van der Waals surface area contributed by atoms with Crippen LogP contribution in [0.25, 0.3) is 0 Å². The van der Waals surface area contributed by atoms with Crippen molar-refractivity contribution >= 4 is 39.9 Å². The molecular formula is C13H9ClN2O3S. The summed E-state index contributed by atoms with van der Waals surface area (Å²) < 4.78 is 5.15. The zero-order valence-corrected chi connectivity index (χ0v) is 11.7. The molecule has 2 aromatic rings. The summed E-state index contributed by atoms with van der Waals surface area (Å²) in [6, 6.07) is 4.91. The molecular weight excluding hydrogens is 300 g/mol. The van der Waals surface area contributed by atoms with Gasteiger partial charge in [0.15, 0.2) is 11.2 Å². The van der Waals surface area contributed by atoms with Crippen molar-refractivity contribution in [3.8, 4) is 0 Å². The van der Waals surface area contributed by atoms with Gasteiger partial charge in [0.2, 0.25) is 0 Å². The lowest BCUT2D eigenvalue weighted by Crippen LogP contribution is -2.37. The molecule has 5 nitrogen and oxygen atoms in total. The fourth-order valence-corrected chi connectivity index (χ4v) is 2.71. The third-order valence-corrected chi connectivity index (χ3v) is 3.82. The maximum Gasteiger partial charge on any atom is 0.339 e. The fraction of sp³-hybridized carbons (Fsp3) is 0.154. The predicted molar refractivity (Wildman–Crippen MR) is 75.1 cm³/mol. The number of carbonyl (C=O) groups is 2. The van der Waals surface area contributed by atoms with Crippen LogP contribution in [0.15, 0.2) is 29.8 Å². The molecule has 7 heteroatoms. The van der Waals surface area contributed by atoms with E-state index in [-0.39, 0.29) is 5.91 Å². The molecule has 1 N–H and O–H groups in total. The van der Waals surface area contributed by atoms with Crippen molar-refractivity contribution in [2.24, 2.45) is 0 Å². The SMILES string of the molecule is O=C1O[C@@H](C(=O)Nc2nccs2)Cc2cc(Cl)ccc21. The molecule has 0 fully saturated rings. The Hall–Kier alpha value is -1.92. The van der Waals surface area contributed by atoms with E-state index in [0.29, 0.717) is 27.7 Å². The van der Waals surface area contributed by atoms with Crippen molar-refractivity contribution in [1.82, 2.24) is 4.98 Å². The molecule has 0 radical (unpaired) electrons. The molecule has 0 saturated heterocycles. The van der Waals surface area contributed by atoms with E-state index in [2.05, 4.69) is 10.3 Å². The number of rotatable bonds is 2. The molecule has 0 bridgehead atoms. The summed E-state index contributed by atoms with van der Waals surface area (Å²) in [7, 11) is 0. The summed E-state index contributed by atoms with van der Waals surface area (Å²) in [5.74, 6) is -0.902. The fourth-order valence-electron chi connectivity index (χ4n) is 1.98. The third-order valence-electron chi connectivity index (χ3n) is 2.90. The van der Waals surface area contributed by atoms with Gasteiger partial charge in [-0.1, -0.05) is 11.6 Å². The van der Waals surface area contributed by atoms with E-state index in [1.54, 1.807) is 29.8 Å². The van der Waals surface area contributed by atoms with E-state index < -0.39 is 12.1 Å². The number of cyclic esters (lactones) is 1. The van der Waals surface area contributed by atoms with Crippen molar-refractivity contribution in [3.05, 3.63) is 45.9 Å². The first-order chi connectivity index (χ1) is 9.63. The van der Waals surface area contributed by atoms with Crippen LogP contribution in [0.5, 0.6) is 0 Å². The highest BCUT2D eigenvalue weighted by Crippen LogP contribution is 2.25. The molecule has 102 valence electrons. The Morgan fingerprint density at radius 1 is 1.50 bits per heavy atom. The minimum Gasteiger partial charge on any atom is -0.448 e. The van der Waals surface area contributed by atoms with Gasteiger partial charge < -0.3 is 4.74 Å². The lowest BCUT2D eigenvalue weighted by Gasteiger charge is -2.23. The zero-order chi connectivity index (χ0) is 14.1. The van der Waals surface area contributed by atoms with Crippen molar-refractivity contribution in [3.63, 3.8) is 0 Å². The molecule has 0 aliphatic carbocycles. The second kappa shape index (κ2) is 5.22. The maximum atomic E-state index is 12.1. The Morgan fingerprint density at radius 3 is 3.10 bits per heavy atom. The Kier molecular flexibility index (Phi) is 3.42. The Labute approximate surface area is 123 Å². The summed E-state index contributed by atoms with van der Waals surface area (Å²) in [6.07, 6.45) is 1.03. The van der Waals surface area contributed by atoms with Gasteiger partial charge in [-0.05, 0) is 23.8 Å². The molecule has 1 aliphatic rings. The van der Waals surface area contributed by atoms with Gasteiger partial charge in [-0.25, -0.2) is 9.78 Å². The van der Waals surface area contributed by atoms with E-state index in [9.17, 15) is 9.59 Å². The standard InChI is InChI=1S/C13H9ClN2O3S/c14-8-1-2-9-7(5-8)6-10(19-12(9)18)11(17)16-13-15-3-4-20-13/h1-5,10H,6H2,(H,15,16,17)/t10-/m1/s1. The van der Waals surface area contributed by atoms with Gasteiger partial charge in [0, 0.05) is 23.0 Å². The molecule has 1 amide bonds. The Balaban J connectivity index is 1.80. The normalized spacial score (nSPS) is 17.2. The second-order valence-corrected chi connectivity index (χ2v) is 5.56. The number of nitrogens with one attached hydrogen (secondary N) is 1. The smallest absolute Gasteiger partial charge is 0.339 e. The van der Waals surface area contributed by atoms with Crippen LogP contribution in [-0.2, 0) is 16.0 Å². The first-order valence-electron chi connectivity index (χ1n) is 5.83. The number of aromatic nitrogens is 1. The average Bonchev–Trinajstić information content (AvgIpc) is 2.90. The first-order valence-corrected chi connectivity index (χ1v) is 7.09. The number of nitrogens with zero attached hydrogens (tertiary/aromatic N) is 1. The summed E-state index contributed by atoms with van der Waals surface area (Å²) in [5.41, 5.74) is 1.17. The van der Waals surface area contributed by atoms with E-state index >= 15 is 0 Å². The molecule has 1 aromatic carbocycles. The van der Waals surface area contributed by atoms with Gasteiger partial charge >= 0.3 is 5.97 Å². The largest absolute Gasteiger partial charge is 0.448 e. The predicted octanol–water partition coefficient (Wildman–Crippen LogP) is 2.52. The highest BCUT2D eigenvalue weighted by Gasteiger charge is 2.31. The lowest BCUT2D eigenvalue weighted by molar-refractivity contribution is -0.125. The van der Waals surface area contributed by atoms with Crippen LogP contribution >= 0.6 is 22.9 Å². The van der Waals surface area contributed by atoms with Crippen LogP contribution in [-0.4, -0.2) is 23.0 Å². The minimum atomic E-state index is -0.864. The van der Waals surface area contributed by atoms with Gasteiger partial charge in [-0.15, -0.1) is 11.3 Å². The summed E-state index contributed by atoms with van der Waals surface area (Å²) >= 11 is 7.21. The number of hydrogen-bond acceptors (Lipinski definition) is 5. The average molecular weight is 309 g/mol. The molecule has 0 unspecified atom stereocenters. The molecule has 1 atom stereocenters. The van der Waals surface area contributed by atoms with Crippen molar-refractivity contribution < 1.29 is 14.3 Å². The number of anilines is 1. The molecule has 0 spiro atoms. The topological polar surface area (TPSA) is 68.3 Å². The van der Waals surface area contributed by atoms with Gasteiger partial charge in [0.1, 0.15) is 0 Å². The van der Waals surface area contributed by atoms with Crippen LogP contribution in [0.1, 0.15) is 15.9 Å². The second-order valence-electron chi connectivity index (χ2n) is 4.23. The summed E-state index contributed by atoms with van der Waals surface area (Å²) in [6.45, 7) is 0. The number of benzene rings is 1. The zero-order valence-electron chi connectivity index (χ0n) is 10.1. The van der Waals surface area contributed by atoms with Crippen molar-refractivity contribution in [2.45, 2.75) is 12.5 Å². The number of halogens is 1. The molecule has 1 aliphatic heterocycles. The van der Waals surface area contributed by atoms with Crippen LogP contribution in [0, 0.1) is 0 Å². The number of fused-ring (bicyclic) bond motifs is 1. The number of hydrogen-bond donors (Lipinski definition) is 1. The van der Waals surface area contributed by atoms with Crippen LogP contribution in [0.4, 0.5) is 5.13 Å². The van der Waals surface area contributed by atoms with Crippen LogP contribution in [0.3, 0.4) is 0 Å². The number of ether oxygens (including phenoxy) is 1. The van der Waals surface area contributed by atoms with E-state index in [1.165, 1.54) is 11.3 Å². The van der Waals surface area contributed by atoms with Gasteiger partial charge in [0.25, 0.3) is 5.91 Å². The lowest BCUT2D eigenvalue weighted by atomic mass is 9.98. The van der Waals surface area contributed by atoms with Gasteiger partial charge in [0.05, 0.1) is 5.56 Å². The summed E-state index contributed by atoms with van der Waals surface area (Å²) in [4.78, 5) is 27.9. The van der Waals surface area contributed by atoms with E-state index in [0.717, 1.165) is 0 Å². The Morgan fingerprint density at radius 2 is 2.35 bits per heavy atom. The number of carbonyl (C=O) groups excluding carboxylic acids is 2. The molecule has 2 heterocycles. The maximum absolute atomic E-state index is 12.1. The molecule has 20 heavy (non-hydrogen) atoms. The van der Waals surface area contributed by atoms with Gasteiger partial charge in [-0.2, -0.15) is 0 Å². The third kappa shape index (κ3) is 2.52.